The number of nitrogens with two attached hydrogens (primary N) is 1. The SMILES string of the molecule is NC1C2CN(C(=O)c3cc4nccc(Cl)c4s3)CC12.O=C(O)C(F)(F)F. The molecule has 26 heavy (non-hydrogen) atoms. The molecule has 0 radical (unpaired) electrons. The Morgan fingerprint density at radius 3 is 2.42 bits per heavy atom. The molecule has 2 atom stereocenters. The molecule has 0 aromatic carbocycles. The minimum Gasteiger partial charge on any atom is -0.475 e. The van der Waals surface area contributed by atoms with Crippen LogP contribution in [-0.2, 0) is 4.79 Å². The number of likely N-dealkylation sites (tertiary alicyclic amines) is 1. The molecule has 6 nitrogen and oxygen atoms in total. The molecule has 3 N–H and O–H groups in total. The quantitative estimate of drug-likeness (QED) is 0.757. The second-order valence-corrected chi connectivity index (χ2v) is 7.50. The van der Waals surface area contributed by atoms with Crippen molar-refractivity contribution in [1.82, 2.24) is 9.88 Å². The summed E-state index contributed by atoms with van der Waals surface area (Å²) in [6.07, 6.45) is -3.42. The fourth-order valence-electron chi connectivity index (χ4n) is 2.91. The zero-order valence-corrected chi connectivity index (χ0v) is 14.6. The van der Waals surface area contributed by atoms with Crippen molar-refractivity contribution in [3.8, 4) is 0 Å². The average molecular weight is 408 g/mol. The van der Waals surface area contributed by atoms with E-state index in [9.17, 15) is 18.0 Å². The minimum absolute atomic E-state index is 0.0819. The largest absolute Gasteiger partial charge is 0.490 e. The van der Waals surface area contributed by atoms with Crippen molar-refractivity contribution in [2.75, 3.05) is 13.1 Å². The van der Waals surface area contributed by atoms with Gasteiger partial charge in [-0.1, -0.05) is 11.6 Å². The van der Waals surface area contributed by atoms with Crippen molar-refractivity contribution >= 4 is 45.0 Å². The molecule has 2 aromatic rings. The van der Waals surface area contributed by atoms with E-state index in [-0.39, 0.29) is 5.91 Å². The molecule has 4 rings (SSSR count). The number of carbonyl (C=O) groups excluding carboxylic acids is 1. The normalized spacial score (nSPS) is 24.0. The van der Waals surface area contributed by atoms with Crippen LogP contribution in [0.1, 0.15) is 9.67 Å². The number of carboxylic acids is 1. The van der Waals surface area contributed by atoms with E-state index in [1.54, 1.807) is 12.3 Å². The van der Waals surface area contributed by atoms with Crippen molar-refractivity contribution in [3.63, 3.8) is 0 Å². The van der Waals surface area contributed by atoms with Crippen LogP contribution in [0.4, 0.5) is 13.2 Å². The fraction of sp³-hybridized carbons (Fsp3) is 0.400. The number of hydrogen-bond acceptors (Lipinski definition) is 5. The molecule has 3 heterocycles. The van der Waals surface area contributed by atoms with Crippen LogP contribution in [0.25, 0.3) is 10.2 Å². The van der Waals surface area contributed by atoms with Crippen LogP contribution in [0.5, 0.6) is 0 Å². The van der Waals surface area contributed by atoms with E-state index in [1.807, 2.05) is 11.0 Å². The van der Waals surface area contributed by atoms with E-state index in [4.69, 9.17) is 27.2 Å². The van der Waals surface area contributed by atoms with Gasteiger partial charge in [-0.15, -0.1) is 11.3 Å². The molecule has 2 unspecified atom stereocenters. The molecule has 0 bridgehead atoms. The molecule has 1 amide bonds. The predicted octanol–water partition coefficient (Wildman–Crippen LogP) is 2.61. The van der Waals surface area contributed by atoms with Crippen molar-refractivity contribution in [2.24, 2.45) is 17.6 Å². The molecule has 2 fully saturated rings. The summed E-state index contributed by atoms with van der Waals surface area (Å²) in [5, 5.41) is 7.78. The number of piperidine rings is 1. The summed E-state index contributed by atoms with van der Waals surface area (Å²) in [4.78, 5) is 28.2. The molecule has 0 spiro atoms. The number of carbonyl (C=O) groups is 2. The highest BCUT2D eigenvalue weighted by molar-refractivity contribution is 7.21. The lowest BCUT2D eigenvalue weighted by Gasteiger charge is -2.17. The Kier molecular flexibility index (Phi) is 4.84. The number of rotatable bonds is 1. The van der Waals surface area contributed by atoms with Crippen LogP contribution < -0.4 is 5.73 Å². The van der Waals surface area contributed by atoms with E-state index in [1.165, 1.54) is 11.3 Å². The predicted molar refractivity (Wildman–Crippen MR) is 89.2 cm³/mol. The fourth-order valence-corrected chi connectivity index (χ4v) is 4.16. The van der Waals surface area contributed by atoms with E-state index >= 15 is 0 Å². The van der Waals surface area contributed by atoms with Gasteiger partial charge < -0.3 is 15.7 Å². The second kappa shape index (κ2) is 6.67. The summed E-state index contributed by atoms with van der Waals surface area (Å²) < 4.78 is 32.6. The Hall–Kier alpha value is -1.91. The van der Waals surface area contributed by atoms with Crippen molar-refractivity contribution in [2.45, 2.75) is 12.2 Å². The van der Waals surface area contributed by atoms with Gasteiger partial charge in [0.2, 0.25) is 0 Å². The van der Waals surface area contributed by atoms with E-state index in [0.717, 1.165) is 23.3 Å². The highest BCUT2D eigenvalue weighted by Crippen LogP contribution is 2.44. The average Bonchev–Trinajstić information content (AvgIpc) is 3.00. The van der Waals surface area contributed by atoms with E-state index in [2.05, 4.69) is 4.98 Å². The number of carboxylic acid groups (broad SMARTS) is 1. The molecule has 1 saturated heterocycles. The van der Waals surface area contributed by atoms with Crippen LogP contribution in [0.2, 0.25) is 5.02 Å². The summed E-state index contributed by atoms with van der Waals surface area (Å²) in [6.45, 7) is 1.58. The van der Waals surface area contributed by atoms with Gasteiger partial charge in [0.15, 0.2) is 0 Å². The third-order valence-corrected chi connectivity index (χ3v) is 5.94. The van der Waals surface area contributed by atoms with Crippen LogP contribution in [0.15, 0.2) is 18.3 Å². The third kappa shape index (κ3) is 3.62. The van der Waals surface area contributed by atoms with Crippen molar-refractivity contribution in [1.29, 1.82) is 0 Å². The molecular formula is C15H13ClF3N3O3S. The standard InChI is InChI=1S/C13H12ClN3OS.C2HF3O2/c14-8-1-2-16-9-3-10(19-12(8)9)13(18)17-4-6-7(5-17)11(6)15;3-2(4,5)1(6)7/h1-3,6-7,11H,4-5,15H2;(H,6,7). The van der Waals surface area contributed by atoms with Crippen molar-refractivity contribution < 1.29 is 27.9 Å². The number of fused-ring (bicyclic) bond motifs is 2. The first-order chi connectivity index (χ1) is 12.1. The van der Waals surface area contributed by atoms with Crippen LogP contribution >= 0.6 is 22.9 Å². The number of alkyl halides is 3. The molecule has 11 heteroatoms. The number of thiophene rings is 1. The van der Waals surface area contributed by atoms with Crippen LogP contribution in [-0.4, -0.2) is 52.2 Å². The lowest BCUT2D eigenvalue weighted by Crippen LogP contribution is -2.33. The number of pyridine rings is 1. The van der Waals surface area contributed by atoms with Gasteiger partial charge in [0.05, 0.1) is 20.1 Å². The van der Waals surface area contributed by atoms with Gasteiger partial charge in [-0.3, -0.25) is 9.78 Å². The Labute approximate surface area is 154 Å². The summed E-state index contributed by atoms with van der Waals surface area (Å²) in [5.41, 5.74) is 6.68. The highest BCUT2D eigenvalue weighted by Gasteiger charge is 2.54. The van der Waals surface area contributed by atoms with Crippen LogP contribution in [0, 0.1) is 11.8 Å². The number of nitrogens with zero attached hydrogens (tertiary/aromatic N) is 2. The monoisotopic (exact) mass is 407 g/mol. The van der Waals surface area contributed by atoms with Gasteiger partial charge >= 0.3 is 12.1 Å². The number of aromatic nitrogens is 1. The molecule has 1 saturated carbocycles. The first-order valence-electron chi connectivity index (χ1n) is 7.48. The number of hydrogen-bond donors (Lipinski definition) is 2. The van der Waals surface area contributed by atoms with Gasteiger partial charge in [0.25, 0.3) is 5.91 Å². The Morgan fingerprint density at radius 1 is 1.35 bits per heavy atom. The second-order valence-electron chi connectivity index (χ2n) is 6.04. The first kappa shape index (κ1) is 18.9. The molecule has 140 valence electrons. The smallest absolute Gasteiger partial charge is 0.475 e. The molecule has 1 aliphatic carbocycles. The molecular weight excluding hydrogens is 395 g/mol. The zero-order chi connectivity index (χ0) is 19.2. The Balaban J connectivity index is 0.000000242. The topological polar surface area (TPSA) is 96.5 Å². The molecule has 1 aliphatic heterocycles. The van der Waals surface area contributed by atoms with Gasteiger partial charge in [0, 0.05) is 25.3 Å². The maximum absolute atomic E-state index is 12.4. The van der Waals surface area contributed by atoms with Gasteiger partial charge in [-0.05, 0) is 24.0 Å². The first-order valence-corrected chi connectivity index (χ1v) is 8.68. The lowest BCUT2D eigenvalue weighted by molar-refractivity contribution is -0.192. The van der Waals surface area contributed by atoms with E-state index < -0.39 is 12.1 Å². The number of amides is 1. The lowest BCUT2D eigenvalue weighted by atomic mass is 10.3. The van der Waals surface area contributed by atoms with Crippen LogP contribution in [0.3, 0.4) is 0 Å². The molecule has 2 aliphatic rings. The number of aliphatic carboxylic acids is 1. The zero-order valence-electron chi connectivity index (χ0n) is 13.0. The van der Waals surface area contributed by atoms with Gasteiger partial charge in [-0.2, -0.15) is 13.2 Å². The maximum atomic E-state index is 12.4. The third-order valence-electron chi connectivity index (χ3n) is 4.36. The Morgan fingerprint density at radius 2 is 1.92 bits per heavy atom. The summed E-state index contributed by atoms with van der Waals surface area (Å²) in [5.74, 6) is -1.65. The Bertz CT molecular complexity index is 861. The van der Waals surface area contributed by atoms with Gasteiger partial charge in [0.1, 0.15) is 0 Å². The minimum atomic E-state index is -5.08. The maximum Gasteiger partial charge on any atom is 0.490 e. The number of halogens is 4. The highest BCUT2D eigenvalue weighted by atomic mass is 35.5. The van der Waals surface area contributed by atoms with Crippen molar-refractivity contribution in [3.05, 3.63) is 28.2 Å². The summed E-state index contributed by atoms with van der Waals surface area (Å²) in [6, 6.07) is 3.89. The van der Waals surface area contributed by atoms with Gasteiger partial charge in [-0.25, -0.2) is 4.79 Å². The van der Waals surface area contributed by atoms with E-state index in [0.29, 0.717) is 27.8 Å². The summed E-state index contributed by atoms with van der Waals surface area (Å²) in [7, 11) is 0. The molecule has 2 aromatic heterocycles. The summed E-state index contributed by atoms with van der Waals surface area (Å²) >= 11 is 7.53.